The molecule has 0 unspecified atom stereocenters. The largest absolute Gasteiger partial charge is 0.311 e. The van der Waals surface area contributed by atoms with Crippen molar-refractivity contribution >= 4 is 17.3 Å². The fraction of sp³-hybridized carbons (Fsp3) is 0.200. The second-order valence-electron chi connectivity index (χ2n) is 4.78. The van der Waals surface area contributed by atoms with Crippen LogP contribution in [0, 0.1) is 24.0 Å². The quantitative estimate of drug-likeness (QED) is 0.641. The van der Waals surface area contributed by atoms with Crippen molar-refractivity contribution in [3.63, 3.8) is 0 Å². The number of aryl methyl sites for hydroxylation is 2. The monoisotopic (exact) mass is 285 g/mol. The van der Waals surface area contributed by atoms with Gasteiger partial charge in [-0.1, -0.05) is 0 Å². The SMILES string of the molecule is Cc1cc(C(=O)N(C)c2ccc([N+](=O)[O-])c(C)c2)ccn1. The number of rotatable bonds is 3. The Hall–Kier alpha value is -2.76. The molecule has 6 heteroatoms. The molecule has 0 radical (unpaired) electrons. The number of pyridine rings is 1. The van der Waals surface area contributed by atoms with Crippen LogP contribution in [0.15, 0.2) is 36.5 Å². The first-order chi connectivity index (χ1) is 9.90. The molecule has 0 bridgehead atoms. The summed E-state index contributed by atoms with van der Waals surface area (Å²) >= 11 is 0. The minimum atomic E-state index is -0.437. The maximum Gasteiger partial charge on any atom is 0.272 e. The van der Waals surface area contributed by atoms with Gasteiger partial charge in [0.15, 0.2) is 0 Å². The van der Waals surface area contributed by atoms with Crippen LogP contribution in [0.5, 0.6) is 0 Å². The Morgan fingerprint density at radius 3 is 2.52 bits per heavy atom. The molecule has 0 aliphatic rings. The predicted octanol–water partition coefficient (Wildman–Crippen LogP) is 2.88. The summed E-state index contributed by atoms with van der Waals surface area (Å²) in [6.45, 7) is 3.46. The van der Waals surface area contributed by atoms with Gasteiger partial charge in [-0.2, -0.15) is 0 Å². The van der Waals surface area contributed by atoms with E-state index >= 15 is 0 Å². The number of amides is 1. The van der Waals surface area contributed by atoms with Crippen molar-refractivity contribution in [3.8, 4) is 0 Å². The third-order valence-corrected chi connectivity index (χ3v) is 3.21. The molecule has 0 aliphatic carbocycles. The van der Waals surface area contributed by atoms with E-state index in [9.17, 15) is 14.9 Å². The van der Waals surface area contributed by atoms with Crippen LogP contribution in [0.3, 0.4) is 0 Å². The highest BCUT2D eigenvalue weighted by Crippen LogP contribution is 2.24. The smallest absolute Gasteiger partial charge is 0.272 e. The number of anilines is 1. The first-order valence-electron chi connectivity index (χ1n) is 6.36. The van der Waals surface area contributed by atoms with E-state index in [1.807, 2.05) is 6.92 Å². The zero-order valence-electron chi connectivity index (χ0n) is 12.0. The average molecular weight is 285 g/mol. The van der Waals surface area contributed by atoms with Crippen LogP contribution in [0.2, 0.25) is 0 Å². The van der Waals surface area contributed by atoms with Crippen molar-refractivity contribution in [2.45, 2.75) is 13.8 Å². The van der Waals surface area contributed by atoms with Crippen LogP contribution in [-0.2, 0) is 0 Å². The maximum atomic E-state index is 12.4. The Balaban J connectivity index is 2.31. The lowest BCUT2D eigenvalue weighted by molar-refractivity contribution is -0.385. The van der Waals surface area contributed by atoms with Gasteiger partial charge in [0.05, 0.1) is 4.92 Å². The normalized spacial score (nSPS) is 10.2. The van der Waals surface area contributed by atoms with Gasteiger partial charge in [0, 0.05) is 41.8 Å². The molecule has 1 aromatic carbocycles. The summed E-state index contributed by atoms with van der Waals surface area (Å²) in [7, 11) is 1.64. The third kappa shape index (κ3) is 3.05. The lowest BCUT2D eigenvalue weighted by atomic mass is 10.1. The molecule has 2 aromatic rings. The van der Waals surface area contributed by atoms with Gasteiger partial charge in [-0.15, -0.1) is 0 Å². The third-order valence-electron chi connectivity index (χ3n) is 3.21. The van der Waals surface area contributed by atoms with Gasteiger partial charge in [-0.3, -0.25) is 19.9 Å². The van der Waals surface area contributed by atoms with E-state index in [1.54, 1.807) is 44.4 Å². The minimum Gasteiger partial charge on any atom is -0.311 e. The molecule has 0 N–H and O–H groups in total. The van der Waals surface area contributed by atoms with Gasteiger partial charge >= 0.3 is 0 Å². The minimum absolute atomic E-state index is 0.0411. The van der Waals surface area contributed by atoms with Crippen molar-refractivity contribution in [3.05, 3.63) is 63.5 Å². The lowest BCUT2D eigenvalue weighted by Crippen LogP contribution is -2.26. The molecule has 21 heavy (non-hydrogen) atoms. The highest BCUT2D eigenvalue weighted by molar-refractivity contribution is 6.05. The Morgan fingerprint density at radius 2 is 1.95 bits per heavy atom. The molecule has 0 aliphatic heterocycles. The van der Waals surface area contributed by atoms with Gasteiger partial charge in [0.2, 0.25) is 0 Å². The highest BCUT2D eigenvalue weighted by Gasteiger charge is 2.17. The Bertz CT molecular complexity index is 713. The number of carbonyl (C=O) groups is 1. The van der Waals surface area contributed by atoms with E-state index in [2.05, 4.69) is 4.98 Å². The summed E-state index contributed by atoms with van der Waals surface area (Å²) in [5, 5.41) is 10.8. The topological polar surface area (TPSA) is 76.3 Å². The summed E-state index contributed by atoms with van der Waals surface area (Å²) in [5.41, 5.74) is 2.45. The van der Waals surface area contributed by atoms with Crippen LogP contribution in [0.25, 0.3) is 0 Å². The summed E-state index contributed by atoms with van der Waals surface area (Å²) < 4.78 is 0. The van der Waals surface area contributed by atoms with E-state index in [-0.39, 0.29) is 11.6 Å². The Labute approximate surface area is 122 Å². The predicted molar refractivity (Wildman–Crippen MR) is 79.5 cm³/mol. The maximum absolute atomic E-state index is 12.4. The van der Waals surface area contributed by atoms with Gasteiger partial charge < -0.3 is 4.90 Å². The van der Waals surface area contributed by atoms with Crippen molar-refractivity contribution in [1.29, 1.82) is 0 Å². The van der Waals surface area contributed by atoms with Crippen LogP contribution in [0.4, 0.5) is 11.4 Å². The molecular weight excluding hydrogens is 270 g/mol. The van der Waals surface area contributed by atoms with Crippen molar-refractivity contribution in [2.75, 3.05) is 11.9 Å². The van der Waals surface area contributed by atoms with Crippen molar-refractivity contribution < 1.29 is 9.72 Å². The molecule has 6 nitrogen and oxygen atoms in total. The van der Waals surface area contributed by atoms with E-state index in [0.29, 0.717) is 16.8 Å². The molecule has 1 amide bonds. The van der Waals surface area contributed by atoms with Crippen LogP contribution < -0.4 is 4.90 Å². The average Bonchev–Trinajstić information content (AvgIpc) is 2.45. The molecule has 0 saturated carbocycles. The zero-order valence-corrected chi connectivity index (χ0v) is 12.0. The van der Waals surface area contributed by atoms with Gasteiger partial charge in [-0.05, 0) is 38.1 Å². The number of nitro groups is 1. The fourth-order valence-electron chi connectivity index (χ4n) is 2.04. The van der Waals surface area contributed by atoms with E-state index in [1.165, 1.54) is 11.0 Å². The number of benzene rings is 1. The first-order valence-corrected chi connectivity index (χ1v) is 6.36. The van der Waals surface area contributed by atoms with E-state index in [4.69, 9.17) is 0 Å². The molecule has 1 aromatic heterocycles. The first kappa shape index (κ1) is 14.6. The number of nitro benzene ring substituents is 1. The Morgan fingerprint density at radius 1 is 1.24 bits per heavy atom. The zero-order chi connectivity index (χ0) is 15.6. The molecule has 0 spiro atoms. The number of hydrogen-bond donors (Lipinski definition) is 0. The number of carbonyl (C=O) groups excluding carboxylic acids is 1. The Kier molecular flexibility index (Phi) is 3.98. The van der Waals surface area contributed by atoms with E-state index < -0.39 is 4.92 Å². The van der Waals surface area contributed by atoms with Gasteiger partial charge in [0.1, 0.15) is 0 Å². The summed E-state index contributed by atoms with van der Waals surface area (Å²) in [6.07, 6.45) is 1.58. The number of aromatic nitrogens is 1. The standard InChI is InChI=1S/C15H15N3O3/c1-10-8-13(4-5-14(10)18(20)21)17(3)15(19)12-6-7-16-11(2)9-12/h4-9H,1-3H3. The second-order valence-corrected chi connectivity index (χ2v) is 4.78. The molecule has 2 rings (SSSR count). The van der Waals surface area contributed by atoms with E-state index in [0.717, 1.165) is 5.69 Å². The molecule has 0 saturated heterocycles. The molecule has 1 heterocycles. The molecule has 108 valence electrons. The van der Waals surface area contributed by atoms with Crippen molar-refractivity contribution in [1.82, 2.24) is 4.98 Å². The van der Waals surface area contributed by atoms with Crippen LogP contribution in [0.1, 0.15) is 21.6 Å². The van der Waals surface area contributed by atoms with Gasteiger partial charge in [0.25, 0.3) is 11.6 Å². The van der Waals surface area contributed by atoms with Crippen molar-refractivity contribution in [2.24, 2.45) is 0 Å². The van der Waals surface area contributed by atoms with Gasteiger partial charge in [-0.25, -0.2) is 0 Å². The molecular formula is C15H15N3O3. The summed E-state index contributed by atoms with van der Waals surface area (Å²) in [4.78, 5) is 28.3. The van der Waals surface area contributed by atoms with Crippen LogP contribution in [-0.4, -0.2) is 22.9 Å². The summed E-state index contributed by atoms with van der Waals surface area (Å²) in [5.74, 6) is -0.186. The highest BCUT2D eigenvalue weighted by atomic mass is 16.6. The number of nitrogens with zero attached hydrogens (tertiary/aromatic N) is 3. The molecule has 0 atom stereocenters. The second kappa shape index (κ2) is 5.70. The fourth-order valence-corrected chi connectivity index (χ4v) is 2.04. The summed E-state index contributed by atoms with van der Waals surface area (Å²) in [6, 6.07) is 7.95. The molecule has 0 fully saturated rings. The number of hydrogen-bond acceptors (Lipinski definition) is 4. The van der Waals surface area contributed by atoms with Crippen LogP contribution >= 0.6 is 0 Å². The lowest BCUT2D eigenvalue weighted by Gasteiger charge is -2.18.